The molecular formula is C26H25N3O5. The summed E-state index contributed by atoms with van der Waals surface area (Å²) < 4.78 is 0. The second-order valence-corrected chi connectivity index (χ2v) is 10.1. The van der Waals surface area contributed by atoms with Gasteiger partial charge in [0.1, 0.15) is 6.04 Å². The molecule has 3 heterocycles. The van der Waals surface area contributed by atoms with Crippen molar-refractivity contribution in [3.8, 4) is 0 Å². The van der Waals surface area contributed by atoms with E-state index in [4.69, 9.17) is 0 Å². The van der Waals surface area contributed by atoms with Crippen molar-refractivity contribution in [3.63, 3.8) is 0 Å². The zero-order valence-corrected chi connectivity index (χ0v) is 19.4. The number of nitro groups is 1. The lowest BCUT2D eigenvalue weighted by Crippen LogP contribution is -2.52. The van der Waals surface area contributed by atoms with Crippen LogP contribution in [0.15, 0.2) is 54.6 Å². The van der Waals surface area contributed by atoms with E-state index in [2.05, 4.69) is 0 Å². The number of hydrogen-bond donors (Lipinski definition) is 0. The molecule has 0 saturated carbocycles. The van der Waals surface area contributed by atoms with Crippen LogP contribution in [0, 0.1) is 22.0 Å². The molecule has 0 aliphatic carbocycles. The lowest BCUT2D eigenvalue weighted by atomic mass is 9.85. The second kappa shape index (κ2) is 7.35. The largest absolute Gasteiger partial charge is 0.352 e. The highest BCUT2D eigenvalue weighted by Crippen LogP contribution is 2.51. The topological polar surface area (TPSA) is 101 Å². The van der Waals surface area contributed by atoms with E-state index >= 15 is 0 Å². The van der Waals surface area contributed by atoms with Gasteiger partial charge in [0.15, 0.2) is 5.78 Å². The first kappa shape index (κ1) is 22.0. The van der Waals surface area contributed by atoms with Crippen molar-refractivity contribution in [2.45, 2.75) is 45.3 Å². The van der Waals surface area contributed by atoms with Crippen molar-refractivity contribution in [1.82, 2.24) is 4.90 Å². The van der Waals surface area contributed by atoms with Crippen molar-refractivity contribution in [2.24, 2.45) is 11.8 Å². The van der Waals surface area contributed by atoms with Gasteiger partial charge < -0.3 is 4.90 Å². The molecule has 2 aromatic rings. The summed E-state index contributed by atoms with van der Waals surface area (Å²) in [5, 5.41) is 11.3. The van der Waals surface area contributed by atoms with Crippen LogP contribution in [0.5, 0.6) is 0 Å². The molecule has 2 aromatic carbocycles. The lowest BCUT2D eigenvalue weighted by Gasteiger charge is -2.39. The van der Waals surface area contributed by atoms with Crippen LogP contribution < -0.4 is 4.90 Å². The van der Waals surface area contributed by atoms with E-state index in [0.29, 0.717) is 0 Å². The van der Waals surface area contributed by atoms with Crippen LogP contribution in [0.1, 0.15) is 43.6 Å². The number of anilines is 1. The van der Waals surface area contributed by atoms with Gasteiger partial charge in [0.05, 0.1) is 22.8 Å². The molecule has 2 saturated heterocycles. The van der Waals surface area contributed by atoms with Crippen molar-refractivity contribution >= 4 is 34.5 Å². The van der Waals surface area contributed by atoms with Gasteiger partial charge in [-0.25, -0.2) is 0 Å². The van der Waals surface area contributed by atoms with Gasteiger partial charge in [0.25, 0.3) is 5.69 Å². The number of imide groups is 1. The van der Waals surface area contributed by atoms with E-state index in [-0.39, 0.29) is 23.1 Å². The highest BCUT2D eigenvalue weighted by Gasteiger charge is 2.65. The van der Waals surface area contributed by atoms with Gasteiger partial charge in [-0.15, -0.1) is 0 Å². The van der Waals surface area contributed by atoms with E-state index < -0.39 is 40.2 Å². The number of para-hydroxylation sites is 1. The fourth-order valence-electron chi connectivity index (χ4n) is 5.70. The van der Waals surface area contributed by atoms with Gasteiger partial charge >= 0.3 is 0 Å². The first-order valence-electron chi connectivity index (χ1n) is 11.2. The van der Waals surface area contributed by atoms with Gasteiger partial charge in [0, 0.05) is 34.5 Å². The van der Waals surface area contributed by atoms with Crippen molar-refractivity contribution in [3.05, 3.63) is 75.8 Å². The molecule has 0 aromatic heterocycles. The number of rotatable bonds is 3. The quantitative estimate of drug-likeness (QED) is 0.299. The molecule has 0 unspecified atom stereocenters. The van der Waals surface area contributed by atoms with Crippen LogP contribution in [0.3, 0.4) is 0 Å². The fourth-order valence-corrected chi connectivity index (χ4v) is 5.70. The van der Waals surface area contributed by atoms with Gasteiger partial charge in [-0.05, 0) is 39.3 Å². The highest BCUT2D eigenvalue weighted by molar-refractivity contribution is 6.14. The first-order valence-corrected chi connectivity index (χ1v) is 11.2. The summed E-state index contributed by atoms with van der Waals surface area (Å²) in [6, 6.07) is 11.8. The molecule has 3 aliphatic heterocycles. The Hall–Kier alpha value is -3.81. The number of nitrogens with zero attached hydrogens (tertiary/aromatic N) is 3. The third-order valence-electron chi connectivity index (χ3n) is 7.04. The molecule has 8 nitrogen and oxygen atoms in total. The number of Topliss-reactive ketones (excluding diaryl/α,β-unsaturated/α-hetero) is 1. The number of non-ortho nitro benzene ring substituents is 1. The molecule has 5 rings (SSSR count). The third kappa shape index (κ3) is 3.01. The summed E-state index contributed by atoms with van der Waals surface area (Å²) in [4.78, 5) is 55.2. The number of benzene rings is 2. The van der Waals surface area contributed by atoms with Crippen molar-refractivity contribution in [2.75, 3.05) is 4.90 Å². The number of carbonyl (C=O) groups excluding carboxylic acids is 3. The van der Waals surface area contributed by atoms with Crippen LogP contribution >= 0.6 is 0 Å². The predicted octanol–water partition coefficient (Wildman–Crippen LogP) is 3.85. The van der Waals surface area contributed by atoms with Crippen LogP contribution in [-0.4, -0.2) is 45.0 Å². The van der Waals surface area contributed by atoms with Gasteiger partial charge in [-0.1, -0.05) is 36.4 Å². The number of allylic oxidation sites excluding steroid dienone is 1. The number of nitro benzene ring substituents is 1. The maximum Gasteiger partial charge on any atom is 0.270 e. The van der Waals surface area contributed by atoms with Gasteiger partial charge in [-0.3, -0.25) is 29.4 Å². The molecule has 174 valence electrons. The Bertz CT molecular complexity index is 1290. The average molecular weight is 460 g/mol. The second-order valence-electron chi connectivity index (χ2n) is 10.1. The smallest absolute Gasteiger partial charge is 0.270 e. The summed E-state index contributed by atoms with van der Waals surface area (Å²) in [5.41, 5.74) is 1.92. The summed E-state index contributed by atoms with van der Waals surface area (Å²) in [6.45, 7) is 7.37. The molecule has 34 heavy (non-hydrogen) atoms. The number of hydrogen-bond acceptors (Lipinski definition) is 6. The monoisotopic (exact) mass is 459 g/mol. The van der Waals surface area contributed by atoms with E-state index in [9.17, 15) is 24.5 Å². The molecular weight excluding hydrogens is 434 g/mol. The van der Waals surface area contributed by atoms with Crippen molar-refractivity contribution < 1.29 is 19.3 Å². The van der Waals surface area contributed by atoms with Crippen LogP contribution in [-0.2, 0) is 9.59 Å². The number of likely N-dealkylation sites (tertiary alicyclic amines) is 1. The molecule has 3 aliphatic rings. The Morgan fingerprint density at radius 3 is 2.35 bits per heavy atom. The maximum atomic E-state index is 14.0. The molecule has 4 atom stereocenters. The van der Waals surface area contributed by atoms with Gasteiger partial charge in [-0.2, -0.15) is 0 Å². The summed E-state index contributed by atoms with van der Waals surface area (Å²) in [5.74, 6) is -2.64. The molecule has 0 radical (unpaired) electrons. The number of fused-ring (bicyclic) bond motifs is 5. The van der Waals surface area contributed by atoms with Crippen LogP contribution in [0.25, 0.3) is 5.57 Å². The molecule has 8 heteroatoms. The summed E-state index contributed by atoms with van der Waals surface area (Å²) in [6.07, 6.45) is 1.97. The Morgan fingerprint density at radius 1 is 1.00 bits per heavy atom. The SMILES string of the molecule is CC1=C[C@@H]2[C@@H]3C(=O)N(C(C)(C)C)C(=O)[C@@H]3[C@H](C(=O)c3cccc([N+](=O)[O-])c3)N2c2ccccc21. The minimum atomic E-state index is -0.952. The average Bonchev–Trinajstić information content (AvgIpc) is 3.26. The maximum absolute atomic E-state index is 14.0. The lowest BCUT2D eigenvalue weighted by molar-refractivity contribution is -0.384. The Labute approximate surface area is 197 Å². The molecule has 0 bridgehead atoms. The highest BCUT2D eigenvalue weighted by atomic mass is 16.6. The van der Waals surface area contributed by atoms with E-state index in [1.54, 1.807) is 20.8 Å². The number of amides is 2. The third-order valence-corrected chi connectivity index (χ3v) is 7.04. The van der Waals surface area contributed by atoms with Gasteiger partial charge in [0.2, 0.25) is 11.8 Å². The molecule has 2 fully saturated rings. The Morgan fingerprint density at radius 2 is 1.68 bits per heavy atom. The molecule has 2 amide bonds. The summed E-state index contributed by atoms with van der Waals surface area (Å²) in [7, 11) is 0. The standard InChI is InChI=1S/C26H25N3O5/c1-14-12-19-20-21(25(32)28(24(20)31)26(2,3)4)22(27(19)18-11-6-5-10-17(14)18)23(30)15-8-7-9-16(13-15)29(33)34/h5-13,19-22H,1-4H3/t19-,20+,21+,22-/m1/s1. The minimum Gasteiger partial charge on any atom is -0.352 e. The number of ketones is 1. The normalized spacial score (nSPS) is 25.6. The number of carbonyl (C=O) groups is 3. The Kier molecular flexibility index (Phi) is 4.76. The first-order chi connectivity index (χ1) is 16.0. The van der Waals surface area contributed by atoms with Crippen molar-refractivity contribution in [1.29, 1.82) is 0 Å². The minimum absolute atomic E-state index is 0.150. The summed E-state index contributed by atoms with van der Waals surface area (Å²) >= 11 is 0. The molecule has 0 spiro atoms. The zero-order valence-electron chi connectivity index (χ0n) is 19.4. The van der Waals surface area contributed by atoms with E-state index in [0.717, 1.165) is 16.8 Å². The van der Waals surface area contributed by atoms with Crippen LogP contribution in [0.2, 0.25) is 0 Å². The van der Waals surface area contributed by atoms with E-state index in [1.807, 2.05) is 42.2 Å². The fraction of sp³-hybridized carbons (Fsp3) is 0.346. The Balaban J connectivity index is 1.70. The van der Waals surface area contributed by atoms with E-state index in [1.165, 1.54) is 29.2 Å². The zero-order chi connectivity index (χ0) is 24.5. The predicted molar refractivity (Wildman–Crippen MR) is 126 cm³/mol. The van der Waals surface area contributed by atoms with Crippen LogP contribution in [0.4, 0.5) is 11.4 Å². The molecule has 0 N–H and O–H groups in total.